The average Bonchev–Trinajstić information content (AvgIpc) is 3.49. The number of nitrogens with zero attached hydrogens (tertiary/aromatic N) is 1. The van der Waals surface area contributed by atoms with Gasteiger partial charge < -0.3 is 15.4 Å². The number of hydrogen-bond donors (Lipinski definition) is 2. The van der Waals surface area contributed by atoms with Gasteiger partial charge >= 0.3 is 0 Å². The molecule has 1 fully saturated rings. The van der Waals surface area contributed by atoms with Crippen LogP contribution >= 0.6 is 0 Å². The van der Waals surface area contributed by atoms with E-state index in [0.717, 1.165) is 49.9 Å². The van der Waals surface area contributed by atoms with Crippen LogP contribution in [0.15, 0.2) is 47.5 Å². The summed E-state index contributed by atoms with van der Waals surface area (Å²) >= 11 is 0. The van der Waals surface area contributed by atoms with Crippen LogP contribution < -0.4 is 15.4 Å². The summed E-state index contributed by atoms with van der Waals surface area (Å²) in [6.07, 6.45) is 10.8. The molecule has 0 radical (unpaired) electrons. The molecule has 0 aliphatic heterocycles. The standard InChI is InChI=1S/C23H29N3O3S/c1-24-14-17-12-22(18-6-3-2-4-7-18)26(15-17)30(28)21-9-5-8-20(13-21)29-16-23(27)25-19-10-11-19/h5-6,8-9,12-13,15,19,24H,2-4,7,10-11,14,16H2,1H3,(H,25,27). The van der Waals surface area contributed by atoms with Gasteiger partial charge in [0.25, 0.3) is 5.91 Å². The summed E-state index contributed by atoms with van der Waals surface area (Å²) in [6, 6.07) is 9.65. The van der Waals surface area contributed by atoms with Crippen LogP contribution in [0, 0.1) is 0 Å². The number of nitrogens with one attached hydrogen (secondary N) is 2. The molecular formula is C23H29N3O3S. The number of carbonyl (C=O) groups excluding carboxylic acids is 1. The highest BCUT2D eigenvalue weighted by Gasteiger charge is 2.23. The van der Waals surface area contributed by atoms with Gasteiger partial charge in [0.15, 0.2) is 17.6 Å². The number of ether oxygens (including phenoxy) is 1. The molecule has 1 aromatic carbocycles. The molecule has 2 N–H and O–H groups in total. The van der Waals surface area contributed by atoms with E-state index in [-0.39, 0.29) is 12.5 Å². The Bertz CT molecular complexity index is 962. The Labute approximate surface area is 180 Å². The zero-order valence-corrected chi connectivity index (χ0v) is 18.2. The molecule has 6 nitrogen and oxygen atoms in total. The van der Waals surface area contributed by atoms with E-state index in [1.165, 1.54) is 12.0 Å². The van der Waals surface area contributed by atoms with Crippen LogP contribution in [0.4, 0.5) is 0 Å². The number of allylic oxidation sites excluding steroid dienone is 2. The third kappa shape index (κ3) is 5.21. The smallest absolute Gasteiger partial charge is 0.258 e. The molecule has 2 aromatic rings. The molecule has 30 heavy (non-hydrogen) atoms. The second-order valence-electron chi connectivity index (χ2n) is 7.92. The van der Waals surface area contributed by atoms with Crippen molar-refractivity contribution in [2.45, 2.75) is 56.0 Å². The van der Waals surface area contributed by atoms with Crippen LogP contribution in [-0.4, -0.2) is 33.8 Å². The number of amides is 1. The summed E-state index contributed by atoms with van der Waals surface area (Å²) in [5.41, 5.74) is 3.39. The van der Waals surface area contributed by atoms with Gasteiger partial charge in [0.2, 0.25) is 0 Å². The van der Waals surface area contributed by atoms with Crippen molar-refractivity contribution in [2.24, 2.45) is 0 Å². The molecule has 1 saturated carbocycles. The van der Waals surface area contributed by atoms with Crippen LogP contribution in [0.1, 0.15) is 49.8 Å². The lowest BCUT2D eigenvalue weighted by molar-refractivity contribution is -0.123. The SMILES string of the molecule is CNCc1cc(C2=CCCCC2)n(S(=O)c2cccc(OCC(=O)NC3CC3)c2)c1. The Balaban J connectivity index is 1.53. The van der Waals surface area contributed by atoms with Crippen LogP contribution in [0.3, 0.4) is 0 Å². The van der Waals surface area contributed by atoms with Gasteiger partial charge in [-0.25, -0.2) is 4.21 Å². The molecule has 4 rings (SSSR count). The van der Waals surface area contributed by atoms with Gasteiger partial charge in [0.1, 0.15) is 5.75 Å². The summed E-state index contributed by atoms with van der Waals surface area (Å²) < 4.78 is 21.0. The zero-order chi connectivity index (χ0) is 20.9. The van der Waals surface area contributed by atoms with Crippen molar-refractivity contribution in [1.82, 2.24) is 14.6 Å². The maximum Gasteiger partial charge on any atom is 0.258 e. The maximum atomic E-state index is 13.5. The molecule has 7 heteroatoms. The first-order chi connectivity index (χ1) is 14.6. The molecule has 1 amide bonds. The van der Waals surface area contributed by atoms with E-state index in [9.17, 15) is 9.00 Å². The summed E-state index contributed by atoms with van der Waals surface area (Å²) in [6.45, 7) is 0.699. The first-order valence-corrected chi connectivity index (χ1v) is 11.7. The van der Waals surface area contributed by atoms with Crippen LogP contribution in [0.5, 0.6) is 5.75 Å². The second-order valence-corrected chi connectivity index (χ2v) is 9.28. The minimum absolute atomic E-state index is 0.0272. The van der Waals surface area contributed by atoms with Crippen molar-refractivity contribution in [1.29, 1.82) is 0 Å². The van der Waals surface area contributed by atoms with E-state index < -0.39 is 11.0 Å². The Morgan fingerprint density at radius 2 is 2.13 bits per heavy atom. The molecule has 2 aliphatic carbocycles. The molecule has 0 spiro atoms. The van der Waals surface area contributed by atoms with Gasteiger partial charge in [0.05, 0.1) is 10.6 Å². The predicted octanol–water partition coefficient (Wildman–Crippen LogP) is 3.39. The minimum atomic E-state index is -1.40. The Kier molecular flexibility index (Phi) is 6.69. The Morgan fingerprint density at radius 1 is 1.27 bits per heavy atom. The lowest BCUT2D eigenvalue weighted by Crippen LogP contribution is -2.30. The monoisotopic (exact) mass is 427 g/mol. The van der Waals surface area contributed by atoms with Crippen molar-refractivity contribution >= 4 is 22.5 Å². The lowest BCUT2D eigenvalue weighted by atomic mass is 9.97. The van der Waals surface area contributed by atoms with E-state index in [0.29, 0.717) is 16.7 Å². The van der Waals surface area contributed by atoms with Gasteiger partial charge in [0, 0.05) is 18.8 Å². The average molecular weight is 428 g/mol. The number of aromatic nitrogens is 1. The predicted molar refractivity (Wildman–Crippen MR) is 119 cm³/mol. The fraction of sp³-hybridized carbons (Fsp3) is 0.435. The Hall–Kier alpha value is -2.38. The third-order valence-electron chi connectivity index (χ3n) is 5.34. The highest BCUT2D eigenvalue weighted by Crippen LogP contribution is 2.30. The van der Waals surface area contributed by atoms with Crippen molar-refractivity contribution in [3.63, 3.8) is 0 Å². The molecule has 1 heterocycles. The van der Waals surface area contributed by atoms with Crippen molar-refractivity contribution < 1.29 is 13.7 Å². The molecule has 160 valence electrons. The van der Waals surface area contributed by atoms with Crippen molar-refractivity contribution in [3.8, 4) is 5.75 Å². The molecule has 0 saturated heterocycles. The molecular weight excluding hydrogens is 398 g/mol. The van der Waals surface area contributed by atoms with E-state index >= 15 is 0 Å². The highest BCUT2D eigenvalue weighted by atomic mass is 32.2. The van der Waals surface area contributed by atoms with Gasteiger partial charge in [-0.1, -0.05) is 12.1 Å². The molecule has 1 atom stereocenters. The fourth-order valence-electron chi connectivity index (χ4n) is 3.67. The number of hydrogen-bond acceptors (Lipinski definition) is 4. The van der Waals surface area contributed by atoms with E-state index in [2.05, 4.69) is 22.8 Å². The topological polar surface area (TPSA) is 72.4 Å². The second kappa shape index (κ2) is 9.62. The van der Waals surface area contributed by atoms with E-state index in [1.54, 1.807) is 12.1 Å². The van der Waals surface area contributed by atoms with E-state index in [1.807, 2.05) is 29.3 Å². The van der Waals surface area contributed by atoms with Gasteiger partial charge in [-0.15, -0.1) is 0 Å². The number of rotatable bonds is 9. The molecule has 1 unspecified atom stereocenters. The third-order valence-corrected chi connectivity index (χ3v) is 6.66. The fourth-order valence-corrected chi connectivity index (χ4v) is 4.89. The van der Waals surface area contributed by atoms with Gasteiger partial charge in [-0.05, 0) is 81.0 Å². The molecule has 2 aliphatic rings. The summed E-state index contributed by atoms with van der Waals surface area (Å²) in [4.78, 5) is 12.5. The first kappa shape index (κ1) is 20.9. The van der Waals surface area contributed by atoms with Crippen LogP contribution in [-0.2, 0) is 22.3 Å². The summed E-state index contributed by atoms with van der Waals surface area (Å²) in [5, 5.41) is 6.08. The summed E-state index contributed by atoms with van der Waals surface area (Å²) in [7, 11) is 0.512. The highest BCUT2D eigenvalue weighted by molar-refractivity contribution is 7.83. The number of carbonyl (C=O) groups is 1. The van der Waals surface area contributed by atoms with Crippen molar-refractivity contribution in [3.05, 3.63) is 53.9 Å². The van der Waals surface area contributed by atoms with Gasteiger partial charge in [-0.2, -0.15) is 0 Å². The normalized spacial score (nSPS) is 17.3. The quantitative estimate of drug-likeness (QED) is 0.643. The largest absolute Gasteiger partial charge is 0.484 e. The van der Waals surface area contributed by atoms with E-state index in [4.69, 9.17) is 4.74 Å². The van der Waals surface area contributed by atoms with Crippen LogP contribution in [0.25, 0.3) is 5.57 Å². The Morgan fingerprint density at radius 3 is 2.87 bits per heavy atom. The molecule has 1 aromatic heterocycles. The number of benzene rings is 1. The first-order valence-electron chi connectivity index (χ1n) is 10.6. The minimum Gasteiger partial charge on any atom is -0.484 e. The summed E-state index contributed by atoms with van der Waals surface area (Å²) in [5.74, 6) is 0.436. The molecule has 0 bridgehead atoms. The van der Waals surface area contributed by atoms with Crippen molar-refractivity contribution in [2.75, 3.05) is 13.7 Å². The van der Waals surface area contributed by atoms with Gasteiger partial charge in [-0.3, -0.25) is 8.77 Å². The zero-order valence-electron chi connectivity index (χ0n) is 17.4. The maximum absolute atomic E-state index is 13.5. The lowest BCUT2D eigenvalue weighted by Gasteiger charge is -2.15. The van der Waals surface area contributed by atoms with Crippen LogP contribution in [0.2, 0.25) is 0 Å².